The Morgan fingerprint density at radius 1 is 0.765 bits per heavy atom. The third kappa shape index (κ3) is 4.86. The van der Waals surface area contributed by atoms with Gasteiger partial charge in [-0.15, -0.1) is 0 Å². The average molecular weight is 264 g/mol. The zero-order valence-electron chi connectivity index (χ0n) is 12.8. The molecule has 0 aromatic heterocycles. The van der Waals surface area contributed by atoms with Gasteiger partial charge in [-0.05, 0) is 0 Å². The Hall–Kier alpha value is 0.360. The van der Waals surface area contributed by atoms with E-state index in [1.54, 1.807) is 0 Å². The minimum atomic E-state index is -2.92. The van der Waals surface area contributed by atoms with E-state index >= 15 is 4.20 Å². The molecule has 0 fully saturated rings. The minimum absolute atomic E-state index is 0.269. The van der Waals surface area contributed by atoms with Crippen molar-refractivity contribution in [1.29, 1.82) is 0 Å². The molecule has 0 unspecified atom stereocenters. The van der Waals surface area contributed by atoms with Crippen molar-refractivity contribution in [3.8, 4) is 0 Å². The van der Waals surface area contributed by atoms with Crippen LogP contribution in [0.15, 0.2) is 0 Å². The van der Waals surface area contributed by atoms with E-state index in [4.69, 9.17) is 0 Å². The van der Waals surface area contributed by atoms with Crippen molar-refractivity contribution in [2.75, 3.05) is 18.5 Å². The van der Waals surface area contributed by atoms with Gasteiger partial charge in [-0.2, -0.15) is 0 Å². The fourth-order valence-electron chi connectivity index (χ4n) is 2.71. The predicted molar refractivity (Wildman–Crippen MR) is 82.5 cm³/mol. The molecule has 0 aromatic carbocycles. The van der Waals surface area contributed by atoms with E-state index < -0.39 is 6.91 Å². The summed E-state index contributed by atoms with van der Waals surface area (Å²) in [6.45, 7) is 7.90. The molecule has 106 valence electrons. The van der Waals surface area contributed by atoms with Crippen molar-refractivity contribution >= 4 is 6.91 Å². The van der Waals surface area contributed by atoms with Crippen LogP contribution in [0, 0.1) is 0 Å². The van der Waals surface area contributed by atoms with Gasteiger partial charge in [-0.1, -0.05) is 0 Å². The second-order valence-corrected chi connectivity index (χ2v) is 11.7. The Bertz CT molecular complexity index is 177. The first kappa shape index (κ1) is 17.4. The van der Waals surface area contributed by atoms with Crippen molar-refractivity contribution in [3.63, 3.8) is 0 Å². The van der Waals surface area contributed by atoms with Crippen LogP contribution in [0.2, 0.25) is 0 Å². The molecule has 0 amide bonds. The first-order chi connectivity index (χ1) is 7.93. The number of rotatable bonds is 10. The SMILES string of the molecule is CCCCP(F)(CCCC)(CCCC)C(C)C. The van der Waals surface area contributed by atoms with Crippen LogP contribution in [0.5, 0.6) is 0 Å². The summed E-state index contributed by atoms with van der Waals surface area (Å²) >= 11 is 0. The molecule has 0 rings (SSSR count). The van der Waals surface area contributed by atoms with Gasteiger partial charge in [0.25, 0.3) is 0 Å². The molecule has 0 heterocycles. The van der Waals surface area contributed by atoms with Crippen LogP contribution in [0.1, 0.15) is 73.1 Å². The number of hydrogen-bond donors (Lipinski definition) is 0. The second kappa shape index (κ2) is 7.72. The molecule has 0 bridgehead atoms. The Morgan fingerprint density at radius 3 is 1.24 bits per heavy atom. The fourth-order valence-corrected chi connectivity index (χ4v) is 8.12. The Balaban J connectivity index is 4.91. The third-order valence-corrected chi connectivity index (χ3v) is 11.1. The van der Waals surface area contributed by atoms with Crippen molar-refractivity contribution in [2.24, 2.45) is 0 Å². The standard InChI is InChI=1S/C15H34FP/c1-6-9-12-17(16,15(4)5,13-10-7-2)14-11-8-3/h15H,6-14H2,1-5H3. The van der Waals surface area contributed by atoms with E-state index in [1.165, 1.54) is 0 Å². The normalized spacial score (nSPS) is 14.9. The molecular weight excluding hydrogens is 230 g/mol. The Labute approximate surface area is 109 Å². The van der Waals surface area contributed by atoms with Crippen LogP contribution in [0.4, 0.5) is 4.20 Å². The maximum atomic E-state index is 16.0. The van der Waals surface area contributed by atoms with E-state index in [2.05, 4.69) is 34.6 Å². The zero-order chi connectivity index (χ0) is 13.4. The molecule has 0 spiro atoms. The maximum absolute atomic E-state index is 16.0. The van der Waals surface area contributed by atoms with Crippen LogP contribution in [0.25, 0.3) is 0 Å². The molecule has 0 aliphatic heterocycles. The number of hydrogen-bond acceptors (Lipinski definition) is 0. The van der Waals surface area contributed by atoms with Gasteiger partial charge in [0.15, 0.2) is 0 Å². The Kier molecular flexibility index (Phi) is 7.88. The number of halogens is 1. The van der Waals surface area contributed by atoms with Gasteiger partial charge in [0.1, 0.15) is 0 Å². The molecule has 0 saturated carbocycles. The molecule has 0 nitrogen and oxygen atoms in total. The molecule has 0 aromatic rings. The molecule has 0 atom stereocenters. The van der Waals surface area contributed by atoms with Crippen molar-refractivity contribution in [3.05, 3.63) is 0 Å². The van der Waals surface area contributed by atoms with Crippen LogP contribution in [-0.4, -0.2) is 24.1 Å². The summed E-state index contributed by atoms with van der Waals surface area (Å²) in [6.07, 6.45) is 9.31. The summed E-state index contributed by atoms with van der Waals surface area (Å²) < 4.78 is 16.0. The summed E-state index contributed by atoms with van der Waals surface area (Å²) in [7, 11) is 0. The summed E-state index contributed by atoms with van der Waals surface area (Å²) in [5, 5.41) is 0. The molecular formula is C15H34FP. The molecule has 2 heteroatoms. The molecule has 0 aliphatic carbocycles. The van der Waals surface area contributed by atoms with E-state index in [1.807, 2.05) is 0 Å². The summed E-state index contributed by atoms with van der Waals surface area (Å²) in [5.41, 5.74) is 0.269. The monoisotopic (exact) mass is 264 g/mol. The van der Waals surface area contributed by atoms with Gasteiger partial charge < -0.3 is 0 Å². The predicted octanol–water partition coefficient (Wildman–Crippen LogP) is 6.23. The Morgan fingerprint density at radius 2 is 1.06 bits per heavy atom. The summed E-state index contributed by atoms with van der Waals surface area (Å²) in [5.74, 6) is 0. The molecule has 0 aliphatic rings. The average Bonchev–Trinajstić information content (AvgIpc) is 2.32. The second-order valence-electron chi connectivity index (χ2n) is 6.00. The van der Waals surface area contributed by atoms with Crippen LogP contribution in [-0.2, 0) is 0 Å². The van der Waals surface area contributed by atoms with Gasteiger partial charge in [0, 0.05) is 0 Å². The van der Waals surface area contributed by atoms with E-state index in [0.717, 1.165) is 57.0 Å². The number of unbranched alkanes of at least 4 members (excludes halogenated alkanes) is 3. The van der Waals surface area contributed by atoms with Crippen molar-refractivity contribution in [2.45, 2.75) is 78.8 Å². The van der Waals surface area contributed by atoms with Gasteiger partial charge >= 0.3 is 108 Å². The van der Waals surface area contributed by atoms with Gasteiger partial charge in [-0.25, -0.2) is 0 Å². The molecule has 0 N–H and O–H groups in total. The summed E-state index contributed by atoms with van der Waals surface area (Å²) in [4.78, 5) is 0. The molecule has 17 heavy (non-hydrogen) atoms. The first-order valence-electron chi connectivity index (χ1n) is 7.65. The van der Waals surface area contributed by atoms with Gasteiger partial charge in [0.05, 0.1) is 0 Å². The molecule has 0 radical (unpaired) electrons. The van der Waals surface area contributed by atoms with Crippen LogP contribution >= 0.6 is 6.91 Å². The summed E-state index contributed by atoms with van der Waals surface area (Å²) in [6, 6.07) is 0. The van der Waals surface area contributed by atoms with Gasteiger partial charge in [0.2, 0.25) is 0 Å². The molecule has 0 saturated heterocycles. The van der Waals surface area contributed by atoms with E-state index in [9.17, 15) is 0 Å². The zero-order valence-corrected chi connectivity index (χ0v) is 13.7. The van der Waals surface area contributed by atoms with Crippen LogP contribution < -0.4 is 0 Å². The van der Waals surface area contributed by atoms with Crippen molar-refractivity contribution in [1.82, 2.24) is 0 Å². The first-order valence-corrected chi connectivity index (χ1v) is 10.4. The van der Waals surface area contributed by atoms with E-state index in [-0.39, 0.29) is 5.66 Å². The van der Waals surface area contributed by atoms with Crippen molar-refractivity contribution < 1.29 is 4.20 Å². The van der Waals surface area contributed by atoms with Crippen LogP contribution in [0.3, 0.4) is 0 Å². The topological polar surface area (TPSA) is 0 Å². The fraction of sp³-hybridized carbons (Fsp3) is 1.00. The quantitative estimate of drug-likeness (QED) is 0.410. The van der Waals surface area contributed by atoms with Gasteiger partial charge in [-0.3, -0.25) is 0 Å². The third-order valence-electron chi connectivity index (χ3n) is 4.42. The van der Waals surface area contributed by atoms with E-state index in [0.29, 0.717) is 0 Å².